The van der Waals surface area contributed by atoms with Crippen molar-refractivity contribution in [2.75, 3.05) is 0 Å². The number of hydrogen-bond acceptors (Lipinski definition) is 0. The Bertz CT molecular complexity index is 149. The third-order valence-corrected chi connectivity index (χ3v) is 4.21. The van der Waals surface area contributed by atoms with E-state index in [2.05, 4.69) is 34.5 Å². The molecule has 2 atom stereocenters. The molecule has 0 heterocycles. The maximum absolute atomic E-state index is 2.46. The number of hydrogen-bond donors (Lipinski definition) is 0. The van der Waals surface area contributed by atoms with Gasteiger partial charge in [-0.3, -0.25) is 0 Å². The zero-order valence-electron chi connectivity index (χ0n) is 13.8. The monoisotopic (exact) mass is 252 g/mol. The highest BCUT2D eigenvalue weighted by Gasteiger charge is 2.15. The van der Waals surface area contributed by atoms with Crippen LogP contribution in [0.1, 0.15) is 79.1 Å². The molecular formula is C17H37B. The highest BCUT2D eigenvalue weighted by atomic mass is 14.1. The summed E-state index contributed by atoms with van der Waals surface area (Å²) in [4.78, 5) is 0. The molecule has 0 aliphatic rings. The van der Waals surface area contributed by atoms with Gasteiger partial charge in [-0.2, -0.15) is 0 Å². The van der Waals surface area contributed by atoms with Gasteiger partial charge in [-0.15, -0.1) is 0 Å². The van der Waals surface area contributed by atoms with Crippen LogP contribution in [0, 0.1) is 11.8 Å². The van der Waals surface area contributed by atoms with E-state index in [1.54, 1.807) is 0 Å². The second-order valence-electron chi connectivity index (χ2n) is 6.78. The molecular weight excluding hydrogens is 215 g/mol. The van der Waals surface area contributed by atoms with E-state index in [0.717, 1.165) is 18.5 Å². The second kappa shape index (κ2) is 12.1. The Hall–Kier alpha value is 0.0649. The van der Waals surface area contributed by atoms with Crippen molar-refractivity contribution in [2.45, 2.75) is 98.5 Å². The van der Waals surface area contributed by atoms with Crippen molar-refractivity contribution in [3.63, 3.8) is 0 Å². The van der Waals surface area contributed by atoms with E-state index >= 15 is 0 Å². The van der Waals surface area contributed by atoms with Gasteiger partial charge >= 0.3 is 0 Å². The lowest BCUT2D eigenvalue weighted by Crippen LogP contribution is -2.15. The van der Waals surface area contributed by atoms with Crippen LogP contribution in [0.15, 0.2) is 0 Å². The minimum absolute atomic E-state index is 0.929. The van der Waals surface area contributed by atoms with Crippen LogP contribution in [-0.2, 0) is 0 Å². The zero-order valence-corrected chi connectivity index (χ0v) is 13.8. The Kier molecular flexibility index (Phi) is 12.2. The van der Waals surface area contributed by atoms with E-state index in [-0.39, 0.29) is 0 Å². The molecule has 0 amide bonds. The van der Waals surface area contributed by atoms with Crippen LogP contribution in [0.2, 0.25) is 19.5 Å². The van der Waals surface area contributed by atoms with Crippen LogP contribution in [0.3, 0.4) is 0 Å². The molecule has 0 aromatic rings. The Morgan fingerprint density at radius 3 is 1.44 bits per heavy atom. The van der Waals surface area contributed by atoms with Gasteiger partial charge in [0.15, 0.2) is 0 Å². The van der Waals surface area contributed by atoms with Gasteiger partial charge in [0.25, 0.3) is 0 Å². The summed E-state index contributed by atoms with van der Waals surface area (Å²) in [6.45, 7) is 12.9. The van der Waals surface area contributed by atoms with E-state index in [0.29, 0.717) is 0 Å². The largest absolute Gasteiger partial charge is 0.137 e. The molecule has 0 aromatic carbocycles. The highest BCUT2D eigenvalue weighted by Crippen LogP contribution is 2.22. The smallest absolute Gasteiger partial charge is 0.0861 e. The summed E-state index contributed by atoms with van der Waals surface area (Å²) in [6, 6.07) is 0. The number of unbranched alkanes of at least 4 members (excludes halogenated alkanes) is 4. The first kappa shape index (κ1) is 18.1. The van der Waals surface area contributed by atoms with Gasteiger partial charge in [0.2, 0.25) is 0 Å². The molecule has 2 unspecified atom stereocenters. The summed E-state index contributed by atoms with van der Waals surface area (Å²) in [7, 11) is 0. The van der Waals surface area contributed by atoms with Crippen LogP contribution < -0.4 is 0 Å². The second-order valence-corrected chi connectivity index (χ2v) is 6.78. The molecule has 0 fully saturated rings. The molecule has 0 radical (unpaired) electrons. The topological polar surface area (TPSA) is 0 Å². The maximum atomic E-state index is 2.46. The Morgan fingerprint density at radius 1 is 0.722 bits per heavy atom. The van der Waals surface area contributed by atoms with E-state index in [4.69, 9.17) is 0 Å². The Balaban J connectivity index is 3.58. The average molecular weight is 252 g/mol. The SMILES string of the molecule is CCCCCC(C)CB(C)CC(C)CCCCC. The van der Waals surface area contributed by atoms with Gasteiger partial charge < -0.3 is 0 Å². The maximum Gasteiger partial charge on any atom is 0.137 e. The summed E-state index contributed by atoms with van der Waals surface area (Å²) in [5, 5.41) is 0. The molecule has 0 spiro atoms. The summed E-state index contributed by atoms with van der Waals surface area (Å²) in [5.41, 5.74) is 0. The third-order valence-electron chi connectivity index (χ3n) is 4.21. The summed E-state index contributed by atoms with van der Waals surface area (Å²) in [5.74, 6) is 1.88. The van der Waals surface area contributed by atoms with Crippen molar-refractivity contribution in [2.24, 2.45) is 11.8 Å². The molecule has 0 aliphatic carbocycles. The molecule has 0 rings (SSSR count). The number of rotatable bonds is 12. The lowest BCUT2D eigenvalue weighted by Gasteiger charge is -2.18. The molecule has 108 valence electrons. The van der Waals surface area contributed by atoms with Crippen LogP contribution in [0.25, 0.3) is 0 Å². The van der Waals surface area contributed by atoms with Crippen molar-refractivity contribution < 1.29 is 0 Å². The van der Waals surface area contributed by atoms with E-state index in [9.17, 15) is 0 Å². The van der Waals surface area contributed by atoms with Gasteiger partial charge in [0.1, 0.15) is 6.71 Å². The molecule has 0 N–H and O–H groups in total. The molecule has 18 heavy (non-hydrogen) atoms. The first-order valence-corrected chi connectivity index (χ1v) is 8.60. The quantitative estimate of drug-likeness (QED) is 0.273. The van der Waals surface area contributed by atoms with Crippen molar-refractivity contribution in [1.82, 2.24) is 0 Å². The molecule has 0 nitrogen and oxygen atoms in total. The van der Waals surface area contributed by atoms with Gasteiger partial charge in [0, 0.05) is 0 Å². The van der Waals surface area contributed by atoms with Crippen LogP contribution in [0.4, 0.5) is 0 Å². The summed E-state index contributed by atoms with van der Waals surface area (Å²) in [6.07, 6.45) is 14.2. The lowest BCUT2D eigenvalue weighted by molar-refractivity contribution is 0.514. The van der Waals surface area contributed by atoms with E-state index in [1.165, 1.54) is 64.0 Å². The van der Waals surface area contributed by atoms with Crippen molar-refractivity contribution in [3.8, 4) is 0 Å². The normalized spacial score (nSPS) is 14.5. The summed E-state index contributed by atoms with van der Waals surface area (Å²) < 4.78 is 0. The summed E-state index contributed by atoms with van der Waals surface area (Å²) >= 11 is 0. The fourth-order valence-corrected chi connectivity index (χ4v) is 3.19. The lowest BCUT2D eigenvalue weighted by atomic mass is 9.43. The Labute approximate surface area is 117 Å². The predicted octanol–water partition coefficient (Wildman–Crippen LogP) is 6.54. The molecule has 0 saturated heterocycles. The van der Waals surface area contributed by atoms with E-state index in [1.807, 2.05) is 0 Å². The van der Waals surface area contributed by atoms with Crippen molar-refractivity contribution in [1.29, 1.82) is 0 Å². The zero-order chi connectivity index (χ0) is 13.8. The minimum Gasteiger partial charge on any atom is -0.0861 e. The minimum atomic E-state index is 0.929. The van der Waals surface area contributed by atoms with Crippen LogP contribution in [0.5, 0.6) is 0 Å². The standard InChI is InChI=1S/C17H37B/c1-6-8-10-12-16(3)14-18(5)15-17(4)13-11-9-7-2/h16-17H,6-15H2,1-5H3. The fraction of sp³-hybridized carbons (Fsp3) is 1.00. The molecule has 0 aromatic heterocycles. The van der Waals surface area contributed by atoms with Crippen LogP contribution >= 0.6 is 0 Å². The first-order chi connectivity index (χ1) is 8.60. The van der Waals surface area contributed by atoms with Crippen molar-refractivity contribution >= 4 is 6.71 Å². The predicted molar refractivity (Wildman–Crippen MR) is 87.8 cm³/mol. The highest BCUT2D eigenvalue weighted by molar-refractivity contribution is 6.57. The fourth-order valence-electron chi connectivity index (χ4n) is 3.19. The molecule has 1 heteroatoms. The Morgan fingerprint density at radius 2 is 1.11 bits per heavy atom. The first-order valence-electron chi connectivity index (χ1n) is 8.60. The van der Waals surface area contributed by atoms with Gasteiger partial charge in [-0.1, -0.05) is 110 Å². The molecule has 0 saturated carbocycles. The van der Waals surface area contributed by atoms with Gasteiger partial charge in [-0.05, 0) is 0 Å². The van der Waals surface area contributed by atoms with Crippen LogP contribution in [-0.4, -0.2) is 6.71 Å². The molecule has 0 bridgehead atoms. The van der Waals surface area contributed by atoms with Gasteiger partial charge in [0.05, 0.1) is 0 Å². The van der Waals surface area contributed by atoms with E-state index < -0.39 is 0 Å². The third kappa shape index (κ3) is 11.2. The average Bonchev–Trinajstić information content (AvgIpc) is 2.29. The van der Waals surface area contributed by atoms with Crippen molar-refractivity contribution in [3.05, 3.63) is 0 Å². The van der Waals surface area contributed by atoms with Gasteiger partial charge in [-0.25, -0.2) is 0 Å². The molecule has 0 aliphatic heterocycles.